The maximum atomic E-state index is 5.25. The minimum absolute atomic E-state index is 0.0172. The molecular weight excluding hydrogens is 320 g/mol. The normalized spacial score (nSPS) is 12.4. The van der Waals surface area contributed by atoms with E-state index in [4.69, 9.17) is 8.94 Å². The third kappa shape index (κ3) is 3.33. The highest BCUT2D eigenvalue weighted by Gasteiger charge is 2.14. The van der Waals surface area contributed by atoms with Crippen LogP contribution in [-0.2, 0) is 6.54 Å². The van der Waals surface area contributed by atoms with Crippen LogP contribution in [0.4, 0.5) is 0 Å². The van der Waals surface area contributed by atoms with E-state index in [-0.39, 0.29) is 6.04 Å². The number of nitrogens with zero attached hydrogens (tertiary/aromatic N) is 5. The molecule has 8 nitrogen and oxygen atoms in total. The Kier molecular flexibility index (Phi) is 4.09. The largest absolute Gasteiger partial charge is 0.461 e. The molecule has 0 amide bonds. The van der Waals surface area contributed by atoms with E-state index in [0.29, 0.717) is 24.0 Å². The van der Waals surface area contributed by atoms with Crippen molar-refractivity contribution in [3.05, 3.63) is 66.5 Å². The molecule has 4 aromatic rings. The molecule has 0 saturated carbocycles. The summed E-state index contributed by atoms with van der Waals surface area (Å²) in [6.07, 6.45) is 3.47. The number of hydrogen-bond donors (Lipinski definition) is 1. The molecule has 0 aliphatic heterocycles. The molecule has 0 bridgehead atoms. The highest BCUT2D eigenvalue weighted by molar-refractivity contribution is 5.44. The van der Waals surface area contributed by atoms with E-state index in [0.717, 1.165) is 11.4 Å². The highest BCUT2D eigenvalue weighted by Crippen LogP contribution is 2.16. The first-order valence-corrected chi connectivity index (χ1v) is 7.87. The average Bonchev–Trinajstić information content (AvgIpc) is 3.41. The fraction of sp³-hybridized carbons (Fsp3) is 0.176. The molecule has 8 heteroatoms. The predicted molar refractivity (Wildman–Crippen MR) is 88.6 cm³/mol. The third-order valence-corrected chi connectivity index (χ3v) is 3.74. The Bertz CT molecular complexity index is 929. The van der Waals surface area contributed by atoms with Gasteiger partial charge in [-0.25, -0.2) is 4.68 Å². The molecule has 1 N–H and O–H groups in total. The average molecular weight is 336 g/mol. The number of benzene rings is 1. The van der Waals surface area contributed by atoms with Gasteiger partial charge in [-0.1, -0.05) is 28.6 Å². The zero-order chi connectivity index (χ0) is 17.1. The van der Waals surface area contributed by atoms with Crippen molar-refractivity contribution in [1.29, 1.82) is 0 Å². The molecule has 4 rings (SSSR count). The summed E-state index contributed by atoms with van der Waals surface area (Å²) in [5, 5.41) is 15.6. The molecule has 0 saturated heterocycles. The minimum Gasteiger partial charge on any atom is -0.461 e. The van der Waals surface area contributed by atoms with Gasteiger partial charge in [-0.05, 0) is 31.2 Å². The van der Waals surface area contributed by atoms with Gasteiger partial charge < -0.3 is 14.3 Å². The van der Waals surface area contributed by atoms with Gasteiger partial charge >= 0.3 is 0 Å². The Morgan fingerprint density at radius 2 is 2.04 bits per heavy atom. The summed E-state index contributed by atoms with van der Waals surface area (Å²) in [5.41, 5.74) is 1.79. The quantitative estimate of drug-likeness (QED) is 0.578. The number of rotatable bonds is 6. The van der Waals surface area contributed by atoms with Crippen molar-refractivity contribution in [2.75, 3.05) is 0 Å². The standard InChI is InChI=1S/C17H16N6O2/c1-12(14-11-23(22-20-14)13-6-3-2-4-7-13)18-10-16-19-17(21-25-16)15-8-5-9-24-15/h2-9,11-12,18H,10H2,1H3/t12-/m0/s1. The Labute approximate surface area is 143 Å². The smallest absolute Gasteiger partial charge is 0.241 e. The van der Waals surface area contributed by atoms with Crippen LogP contribution in [0.3, 0.4) is 0 Å². The Morgan fingerprint density at radius 1 is 1.16 bits per heavy atom. The first-order valence-electron chi connectivity index (χ1n) is 7.87. The van der Waals surface area contributed by atoms with Crippen LogP contribution in [0.25, 0.3) is 17.3 Å². The van der Waals surface area contributed by atoms with Gasteiger partial charge in [0.25, 0.3) is 0 Å². The lowest BCUT2D eigenvalue weighted by molar-refractivity contribution is 0.359. The van der Waals surface area contributed by atoms with Gasteiger partial charge in [0.1, 0.15) is 0 Å². The van der Waals surface area contributed by atoms with E-state index < -0.39 is 0 Å². The second kappa shape index (κ2) is 6.70. The minimum atomic E-state index is -0.0172. The predicted octanol–water partition coefficient (Wildman–Crippen LogP) is 2.76. The monoisotopic (exact) mass is 336 g/mol. The lowest BCUT2D eigenvalue weighted by atomic mass is 10.2. The molecule has 0 unspecified atom stereocenters. The van der Waals surface area contributed by atoms with Gasteiger partial charge in [-0.2, -0.15) is 4.98 Å². The number of nitrogens with one attached hydrogen (secondary N) is 1. The van der Waals surface area contributed by atoms with Crippen molar-refractivity contribution in [3.8, 4) is 17.3 Å². The molecule has 0 spiro atoms. The second-order valence-electron chi connectivity index (χ2n) is 5.52. The second-order valence-corrected chi connectivity index (χ2v) is 5.52. The van der Waals surface area contributed by atoms with E-state index in [1.165, 1.54) is 0 Å². The SMILES string of the molecule is C[C@H](NCc1nc(-c2ccco2)no1)c1cn(-c2ccccc2)nn1. The molecule has 0 radical (unpaired) electrons. The van der Waals surface area contributed by atoms with Crippen LogP contribution in [-0.4, -0.2) is 25.1 Å². The molecule has 1 aromatic carbocycles. The van der Waals surface area contributed by atoms with Gasteiger partial charge in [0.15, 0.2) is 5.76 Å². The van der Waals surface area contributed by atoms with Crippen LogP contribution in [0.15, 0.2) is 63.9 Å². The number of furan rings is 1. The molecular formula is C17H16N6O2. The summed E-state index contributed by atoms with van der Waals surface area (Å²) in [6, 6.07) is 13.4. The fourth-order valence-corrected chi connectivity index (χ4v) is 2.36. The molecule has 0 fully saturated rings. The van der Waals surface area contributed by atoms with Crippen molar-refractivity contribution in [2.24, 2.45) is 0 Å². The summed E-state index contributed by atoms with van der Waals surface area (Å²) in [4.78, 5) is 4.30. The summed E-state index contributed by atoms with van der Waals surface area (Å²) < 4.78 is 12.2. The number of hydrogen-bond acceptors (Lipinski definition) is 7. The highest BCUT2D eigenvalue weighted by atomic mass is 16.5. The molecule has 3 heterocycles. The van der Waals surface area contributed by atoms with Gasteiger partial charge in [0.05, 0.1) is 36.4 Å². The van der Waals surface area contributed by atoms with Crippen molar-refractivity contribution < 1.29 is 8.94 Å². The van der Waals surface area contributed by atoms with Crippen LogP contribution in [0.2, 0.25) is 0 Å². The summed E-state index contributed by atoms with van der Waals surface area (Å²) in [6.45, 7) is 2.43. The van der Waals surface area contributed by atoms with Gasteiger partial charge in [-0.15, -0.1) is 5.10 Å². The van der Waals surface area contributed by atoms with Crippen molar-refractivity contribution in [1.82, 2.24) is 30.5 Å². The Hall–Kier alpha value is -3.26. The van der Waals surface area contributed by atoms with Crippen molar-refractivity contribution in [3.63, 3.8) is 0 Å². The lowest BCUT2D eigenvalue weighted by Crippen LogP contribution is -2.18. The first-order chi connectivity index (χ1) is 12.3. The van der Waals surface area contributed by atoms with E-state index >= 15 is 0 Å². The van der Waals surface area contributed by atoms with Crippen molar-refractivity contribution >= 4 is 0 Å². The van der Waals surface area contributed by atoms with Crippen molar-refractivity contribution in [2.45, 2.75) is 19.5 Å². The number of aromatic nitrogens is 5. The molecule has 126 valence electrons. The van der Waals surface area contributed by atoms with Crippen LogP contribution < -0.4 is 5.32 Å². The van der Waals surface area contributed by atoms with Gasteiger partial charge in [0.2, 0.25) is 11.7 Å². The molecule has 3 aromatic heterocycles. The Morgan fingerprint density at radius 3 is 2.84 bits per heavy atom. The topological polar surface area (TPSA) is 94.8 Å². The van der Waals surface area contributed by atoms with Gasteiger partial charge in [-0.3, -0.25) is 0 Å². The molecule has 25 heavy (non-hydrogen) atoms. The fourth-order valence-electron chi connectivity index (χ4n) is 2.36. The summed E-state index contributed by atoms with van der Waals surface area (Å²) in [5.74, 6) is 1.49. The lowest BCUT2D eigenvalue weighted by Gasteiger charge is -2.07. The maximum Gasteiger partial charge on any atom is 0.241 e. The number of para-hydroxylation sites is 1. The maximum absolute atomic E-state index is 5.25. The van der Waals surface area contributed by atoms with Crippen LogP contribution in [0, 0.1) is 0 Å². The molecule has 0 aliphatic carbocycles. The van der Waals surface area contributed by atoms with Crippen LogP contribution in [0.1, 0.15) is 24.6 Å². The zero-order valence-corrected chi connectivity index (χ0v) is 13.5. The molecule has 0 aliphatic rings. The first kappa shape index (κ1) is 15.3. The van der Waals surface area contributed by atoms with Crippen LogP contribution in [0.5, 0.6) is 0 Å². The van der Waals surface area contributed by atoms with E-state index in [2.05, 4.69) is 25.8 Å². The summed E-state index contributed by atoms with van der Waals surface area (Å²) >= 11 is 0. The zero-order valence-electron chi connectivity index (χ0n) is 13.5. The van der Waals surface area contributed by atoms with Crippen LogP contribution >= 0.6 is 0 Å². The summed E-state index contributed by atoms with van der Waals surface area (Å²) in [7, 11) is 0. The van der Waals surface area contributed by atoms with Gasteiger partial charge in [0, 0.05) is 0 Å². The van der Waals surface area contributed by atoms with E-state index in [9.17, 15) is 0 Å². The van der Waals surface area contributed by atoms with E-state index in [1.807, 2.05) is 43.5 Å². The Balaban J connectivity index is 1.39. The molecule has 1 atom stereocenters. The third-order valence-electron chi connectivity index (χ3n) is 3.74. The van der Waals surface area contributed by atoms with E-state index in [1.54, 1.807) is 23.1 Å².